The Labute approximate surface area is 208 Å². The summed E-state index contributed by atoms with van der Waals surface area (Å²) in [5, 5.41) is 12.9. The van der Waals surface area contributed by atoms with E-state index in [1.165, 1.54) is 18.2 Å². The van der Waals surface area contributed by atoms with Crippen molar-refractivity contribution in [1.82, 2.24) is 25.0 Å². The average molecular weight is 491 g/mol. The van der Waals surface area contributed by atoms with Gasteiger partial charge in [0.15, 0.2) is 0 Å². The third-order valence-electron chi connectivity index (χ3n) is 6.19. The molecule has 7 nitrogen and oxygen atoms in total. The van der Waals surface area contributed by atoms with Crippen LogP contribution in [0, 0.1) is 17.6 Å². The summed E-state index contributed by atoms with van der Waals surface area (Å²) >= 11 is 0. The van der Waals surface area contributed by atoms with Crippen LogP contribution in [0.2, 0.25) is 0 Å². The first-order valence-electron chi connectivity index (χ1n) is 11.8. The number of aromatic nitrogens is 5. The smallest absolute Gasteiger partial charge is 0.222 e. The molecule has 0 radical (unpaired) electrons. The fraction of sp³-hybridized carbons (Fsp3) is 0.296. The Hall–Kier alpha value is -4.01. The van der Waals surface area contributed by atoms with Crippen LogP contribution in [0.25, 0.3) is 22.5 Å². The summed E-state index contributed by atoms with van der Waals surface area (Å²) in [5.74, 6) is -2.27. The molecule has 9 heteroatoms. The van der Waals surface area contributed by atoms with Crippen molar-refractivity contribution in [3.05, 3.63) is 83.4 Å². The minimum absolute atomic E-state index is 0.0418. The van der Waals surface area contributed by atoms with E-state index >= 15 is 0 Å². The average Bonchev–Trinajstić information content (AvgIpc) is 3.32. The summed E-state index contributed by atoms with van der Waals surface area (Å²) in [6.45, 7) is 8.11. The highest BCUT2D eigenvalue weighted by Crippen LogP contribution is 2.33. The lowest BCUT2D eigenvalue weighted by Crippen LogP contribution is -2.24. The molecule has 0 saturated heterocycles. The van der Waals surface area contributed by atoms with E-state index in [-0.39, 0.29) is 34.9 Å². The molecule has 0 spiro atoms. The molecule has 0 bridgehead atoms. The normalized spacial score (nSPS) is 13.1. The number of carbonyl (C=O) groups excluding carboxylic acids is 1. The van der Waals surface area contributed by atoms with Gasteiger partial charge in [0.05, 0.1) is 41.3 Å². The van der Waals surface area contributed by atoms with E-state index in [4.69, 9.17) is 10.7 Å². The van der Waals surface area contributed by atoms with E-state index in [1.807, 2.05) is 45.2 Å². The van der Waals surface area contributed by atoms with Gasteiger partial charge in [0.25, 0.3) is 0 Å². The predicted molar refractivity (Wildman–Crippen MR) is 133 cm³/mol. The van der Waals surface area contributed by atoms with Crippen LogP contribution < -0.4 is 5.73 Å². The molecule has 0 aliphatic heterocycles. The van der Waals surface area contributed by atoms with Crippen molar-refractivity contribution < 1.29 is 13.6 Å². The first kappa shape index (κ1) is 25.1. The molecule has 0 saturated carbocycles. The maximum Gasteiger partial charge on any atom is 0.222 e. The zero-order valence-electron chi connectivity index (χ0n) is 20.6. The maximum absolute atomic E-state index is 14.4. The Bertz CT molecular complexity index is 1380. The third-order valence-corrected chi connectivity index (χ3v) is 6.19. The highest BCUT2D eigenvalue weighted by molar-refractivity contribution is 5.76. The standard InChI is InChI=1S/C27H28F2N6O/c1-15(2)19-11-24(25-20(28)7-5-8-21(25)29)33-34-26(19)17(4)22-9-6-10-23(32-22)18-12-31-35(14-18)13-16(3)27(30)36/h5-12,14-17H,13H2,1-4H3,(H2,30,36)/t16-,17?/m0/s1. The topological polar surface area (TPSA) is 99.6 Å². The Morgan fingerprint density at radius 3 is 2.36 bits per heavy atom. The number of pyridine rings is 1. The van der Waals surface area contributed by atoms with E-state index in [0.717, 1.165) is 22.5 Å². The number of benzene rings is 1. The maximum atomic E-state index is 14.4. The predicted octanol–water partition coefficient (Wildman–Crippen LogP) is 5.08. The summed E-state index contributed by atoms with van der Waals surface area (Å²) in [5.41, 5.74) is 9.17. The van der Waals surface area contributed by atoms with Gasteiger partial charge in [0.2, 0.25) is 5.91 Å². The van der Waals surface area contributed by atoms with Crippen molar-refractivity contribution in [2.24, 2.45) is 11.7 Å². The Balaban J connectivity index is 1.66. The van der Waals surface area contributed by atoms with Crippen molar-refractivity contribution >= 4 is 5.91 Å². The van der Waals surface area contributed by atoms with Gasteiger partial charge in [-0.15, -0.1) is 0 Å². The summed E-state index contributed by atoms with van der Waals surface area (Å²) in [7, 11) is 0. The Morgan fingerprint density at radius 2 is 1.69 bits per heavy atom. The number of primary amides is 1. The van der Waals surface area contributed by atoms with Crippen molar-refractivity contribution in [3.8, 4) is 22.5 Å². The highest BCUT2D eigenvalue weighted by Gasteiger charge is 2.22. The van der Waals surface area contributed by atoms with Crippen molar-refractivity contribution in [2.75, 3.05) is 0 Å². The second-order valence-corrected chi connectivity index (χ2v) is 9.25. The Morgan fingerprint density at radius 1 is 1.00 bits per heavy atom. The summed E-state index contributed by atoms with van der Waals surface area (Å²) in [4.78, 5) is 16.2. The molecule has 3 heterocycles. The molecule has 4 rings (SSSR count). The molecule has 1 aromatic carbocycles. The molecule has 36 heavy (non-hydrogen) atoms. The quantitative estimate of drug-likeness (QED) is 0.371. The highest BCUT2D eigenvalue weighted by atomic mass is 19.1. The second kappa shape index (κ2) is 10.3. The zero-order chi connectivity index (χ0) is 26.0. The van der Waals surface area contributed by atoms with E-state index < -0.39 is 11.6 Å². The lowest BCUT2D eigenvalue weighted by atomic mass is 9.91. The summed E-state index contributed by atoms with van der Waals surface area (Å²) in [6.07, 6.45) is 3.52. The molecule has 0 fully saturated rings. The fourth-order valence-electron chi connectivity index (χ4n) is 4.04. The summed E-state index contributed by atoms with van der Waals surface area (Å²) < 4.78 is 30.4. The molecule has 186 valence electrons. The number of hydrogen-bond acceptors (Lipinski definition) is 5. The van der Waals surface area contributed by atoms with E-state index in [9.17, 15) is 13.6 Å². The second-order valence-electron chi connectivity index (χ2n) is 9.25. The number of hydrogen-bond donors (Lipinski definition) is 1. The van der Waals surface area contributed by atoms with Crippen LogP contribution in [-0.4, -0.2) is 30.9 Å². The van der Waals surface area contributed by atoms with Gasteiger partial charge in [-0.1, -0.05) is 39.8 Å². The molecular formula is C27H28F2N6O. The molecule has 2 N–H and O–H groups in total. The van der Waals surface area contributed by atoms with Crippen molar-refractivity contribution in [2.45, 2.75) is 46.1 Å². The number of carbonyl (C=O) groups is 1. The number of amides is 1. The van der Waals surface area contributed by atoms with Crippen LogP contribution in [0.3, 0.4) is 0 Å². The molecule has 4 aromatic rings. The number of halogens is 2. The van der Waals surface area contributed by atoms with E-state index in [2.05, 4.69) is 15.3 Å². The largest absolute Gasteiger partial charge is 0.369 e. The monoisotopic (exact) mass is 490 g/mol. The minimum atomic E-state index is -0.681. The summed E-state index contributed by atoms with van der Waals surface area (Å²) in [6, 6.07) is 11.1. The van der Waals surface area contributed by atoms with Gasteiger partial charge in [-0.2, -0.15) is 15.3 Å². The van der Waals surface area contributed by atoms with Gasteiger partial charge >= 0.3 is 0 Å². The lowest BCUT2D eigenvalue weighted by molar-refractivity contribution is -0.121. The van der Waals surface area contributed by atoms with Gasteiger partial charge in [-0.3, -0.25) is 14.5 Å². The van der Waals surface area contributed by atoms with E-state index in [0.29, 0.717) is 12.2 Å². The van der Waals surface area contributed by atoms with Crippen LogP contribution in [-0.2, 0) is 11.3 Å². The van der Waals surface area contributed by atoms with Crippen molar-refractivity contribution in [1.29, 1.82) is 0 Å². The van der Waals surface area contributed by atoms with Gasteiger partial charge in [-0.25, -0.2) is 8.78 Å². The van der Waals surface area contributed by atoms with Gasteiger partial charge in [0.1, 0.15) is 11.6 Å². The first-order valence-corrected chi connectivity index (χ1v) is 11.8. The lowest BCUT2D eigenvalue weighted by Gasteiger charge is -2.18. The molecule has 1 amide bonds. The van der Waals surface area contributed by atoms with Gasteiger partial charge < -0.3 is 5.73 Å². The van der Waals surface area contributed by atoms with Gasteiger partial charge in [-0.05, 0) is 41.8 Å². The van der Waals surface area contributed by atoms with Crippen LogP contribution in [0.5, 0.6) is 0 Å². The molecule has 1 unspecified atom stereocenters. The number of nitrogens with two attached hydrogens (primary N) is 1. The minimum Gasteiger partial charge on any atom is -0.369 e. The molecule has 2 atom stereocenters. The van der Waals surface area contributed by atoms with Crippen LogP contribution in [0.15, 0.2) is 54.9 Å². The SMILES string of the molecule is CC(C)c1cc(-c2c(F)cccc2F)nnc1C(C)c1cccc(-c2cnn(C[C@H](C)C(N)=O)c2)n1. The number of rotatable bonds is 8. The molecular weight excluding hydrogens is 462 g/mol. The molecule has 3 aromatic heterocycles. The zero-order valence-corrected chi connectivity index (χ0v) is 20.6. The van der Waals surface area contributed by atoms with Gasteiger partial charge in [0, 0.05) is 23.4 Å². The van der Waals surface area contributed by atoms with Crippen molar-refractivity contribution in [3.63, 3.8) is 0 Å². The molecule has 0 aliphatic carbocycles. The third kappa shape index (κ3) is 5.15. The first-order chi connectivity index (χ1) is 17.2. The van der Waals surface area contributed by atoms with E-state index in [1.54, 1.807) is 23.9 Å². The Kier molecular flexibility index (Phi) is 7.19. The van der Waals surface area contributed by atoms with Crippen LogP contribution in [0.4, 0.5) is 8.78 Å². The number of nitrogens with zero attached hydrogens (tertiary/aromatic N) is 5. The molecule has 0 aliphatic rings. The fourth-order valence-corrected chi connectivity index (χ4v) is 4.04. The van der Waals surface area contributed by atoms with Crippen LogP contribution >= 0.6 is 0 Å². The van der Waals surface area contributed by atoms with Crippen LogP contribution in [0.1, 0.15) is 56.5 Å².